The number of nitrogens with one attached hydrogen (secondary N) is 1. The molecule has 1 aliphatic heterocycles. The lowest BCUT2D eigenvalue weighted by Crippen LogP contribution is -2.58. The molecule has 2 unspecified atom stereocenters. The van der Waals surface area contributed by atoms with Gasteiger partial charge in [-0.05, 0) is 25.2 Å². The fourth-order valence-corrected chi connectivity index (χ4v) is 3.91. The topological polar surface area (TPSA) is 28.2 Å². The molecule has 0 aliphatic carbocycles. The molecule has 114 valence electrons. The molecule has 20 heavy (non-hydrogen) atoms. The number of hydrogen-bond donors (Lipinski definition) is 1. The van der Waals surface area contributed by atoms with E-state index in [0.717, 1.165) is 31.2 Å². The smallest absolute Gasteiger partial charge is 0.107 e. The summed E-state index contributed by atoms with van der Waals surface area (Å²) in [6.45, 7) is 14.6. The van der Waals surface area contributed by atoms with Crippen LogP contribution in [0.15, 0.2) is 5.38 Å². The Hall–Kier alpha value is -0.450. The number of aromatic nitrogens is 1. The molecule has 1 aliphatic rings. The van der Waals surface area contributed by atoms with E-state index >= 15 is 0 Å². The predicted molar refractivity (Wildman–Crippen MR) is 87.1 cm³/mol. The van der Waals surface area contributed by atoms with Crippen LogP contribution in [0.1, 0.15) is 44.8 Å². The summed E-state index contributed by atoms with van der Waals surface area (Å²) in [6, 6.07) is 1.26. The monoisotopic (exact) mass is 295 g/mol. The van der Waals surface area contributed by atoms with Crippen LogP contribution in [0.3, 0.4) is 0 Å². The fraction of sp³-hybridized carbons (Fsp3) is 0.812. The van der Waals surface area contributed by atoms with E-state index in [-0.39, 0.29) is 0 Å². The first-order valence-corrected chi connectivity index (χ1v) is 8.72. The molecule has 1 aromatic rings. The van der Waals surface area contributed by atoms with Crippen molar-refractivity contribution in [2.24, 2.45) is 11.8 Å². The minimum atomic E-state index is 0.627. The normalized spacial score (nSPS) is 24.8. The van der Waals surface area contributed by atoms with E-state index in [2.05, 4.69) is 55.2 Å². The fourth-order valence-electron chi connectivity index (χ4n) is 3.11. The largest absolute Gasteiger partial charge is 0.311 e. The van der Waals surface area contributed by atoms with Crippen molar-refractivity contribution in [3.8, 4) is 0 Å². The summed E-state index contributed by atoms with van der Waals surface area (Å²) in [5.41, 5.74) is 1.15. The van der Waals surface area contributed by atoms with Crippen molar-refractivity contribution < 1.29 is 0 Å². The van der Waals surface area contributed by atoms with Crippen LogP contribution in [0.2, 0.25) is 0 Å². The van der Waals surface area contributed by atoms with E-state index in [1.165, 1.54) is 11.4 Å². The molecular formula is C16H29N3S. The SMILES string of the molecule is Cc1csc(CN2CC(CC(C)C)NCC2C(C)C)n1. The van der Waals surface area contributed by atoms with Gasteiger partial charge in [-0.1, -0.05) is 27.7 Å². The van der Waals surface area contributed by atoms with Crippen LogP contribution < -0.4 is 5.32 Å². The van der Waals surface area contributed by atoms with Crippen LogP contribution in [-0.2, 0) is 6.54 Å². The summed E-state index contributed by atoms with van der Waals surface area (Å²) >= 11 is 1.80. The van der Waals surface area contributed by atoms with Crippen molar-refractivity contribution in [3.63, 3.8) is 0 Å². The molecule has 0 amide bonds. The standard InChI is InChI=1S/C16H29N3S/c1-11(2)6-14-8-19(15(7-17-14)12(3)4)9-16-18-13(5)10-20-16/h10-12,14-15,17H,6-9H2,1-5H3. The molecule has 0 saturated carbocycles. The highest BCUT2D eigenvalue weighted by Gasteiger charge is 2.30. The van der Waals surface area contributed by atoms with Gasteiger partial charge in [0.25, 0.3) is 0 Å². The molecule has 0 aromatic carbocycles. The number of hydrogen-bond acceptors (Lipinski definition) is 4. The zero-order chi connectivity index (χ0) is 14.7. The van der Waals surface area contributed by atoms with Gasteiger partial charge in [0.2, 0.25) is 0 Å². The summed E-state index contributed by atoms with van der Waals surface area (Å²) in [7, 11) is 0. The average molecular weight is 295 g/mol. The van der Waals surface area contributed by atoms with E-state index in [4.69, 9.17) is 0 Å². The zero-order valence-electron chi connectivity index (χ0n) is 13.5. The van der Waals surface area contributed by atoms with Crippen LogP contribution in [-0.4, -0.2) is 35.1 Å². The second-order valence-corrected chi connectivity index (χ2v) is 7.80. The maximum Gasteiger partial charge on any atom is 0.107 e. The van der Waals surface area contributed by atoms with E-state index in [9.17, 15) is 0 Å². The molecule has 2 rings (SSSR count). The van der Waals surface area contributed by atoms with E-state index in [1.807, 2.05) is 0 Å². The van der Waals surface area contributed by atoms with Crippen molar-refractivity contribution in [2.75, 3.05) is 13.1 Å². The first-order chi connectivity index (χ1) is 9.45. The molecule has 1 aromatic heterocycles. The summed E-state index contributed by atoms with van der Waals surface area (Å²) in [6.07, 6.45) is 1.26. The van der Waals surface area contributed by atoms with E-state index < -0.39 is 0 Å². The Morgan fingerprint density at radius 1 is 1.40 bits per heavy atom. The Morgan fingerprint density at radius 2 is 2.15 bits per heavy atom. The molecule has 0 bridgehead atoms. The van der Waals surface area contributed by atoms with E-state index in [1.54, 1.807) is 11.3 Å². The van der Waals surface area contributed by atoms with Gasteiger partial charge in [0.15, 0.2) is 0 Å². The van der Waals surface area contributed by atoms with Gasteiger partial charge in [-0.2, -0.15) is 0 Å². The number of rotatable bonds is 5. The third-order valence-corrected chi connectivity index (χ3v) is 5.02. The van der Waals surface area contributed by atoms with Gasteiger partial charge in [0, 0.05) is 36.2 Å². The maximum absolute atomic E-state index is 4.64. The lowest BCUT2D eigenvalue weighted by atomic mass is 9.95. The Bertz CT molecular complexity index is 414. The average Bonchev–Trinajstić information content (AvgIpc) is 2.73. The first-order valence-electron chi connectivity index (χ1n) is 7.84. The highest BCUT2D eigenvalue weighted by atomic mass is 32.1. The number of nitrogens with zero attached hydrogens (tertiary/aromatic N) is 2. The summed E-state index contributed by atoms with van der Waals surface area (Å²) in [5, 5.41) is 7.17. The van der Waals surface area contributed by atoms with E-state index in [0.29, 0.717) is 18.0 Å². The van der Waals surface area contributed by atoms with Gasteiger partial charge in [0.05, 0.1) is 6.54 Å². The van der Waals surface area contributed by atoms with Gasteiger partial charge in [-0.3, -0.25) is 4.90 Å². The summed E-state index contributed by atoms with van der Waals surface area (Å²) in [4.78, 5) is 7.29. The molecule has 2 atom stereocenters. The minimum Gasteiger partial charge on any atom is -0.311 e. The Kier molecular flexibility index (Phi) is 5.58. The van der Waals surface area contributed by atoms with Crippen LogP contribution in [0.5, 0.6) is 0 Å². The van der Waals surface area contributed by atoms with Crippen LogP contribution in [0.25, 0.3) is 0 Å². The van der Waals surface area contributed by atoms with Gasteiger partial charge in [-0.15, -0.1) is 11.3 Å². The van der Waals surface area contributed by atoms with Gasteiger partial charge >= 0.3 is 0 Å². The van der Waals surface area contributed by atoms with Crippen molar-refractivity contribution in [1.82, 2.24) is 15.2 Å². The number of aryl methyl sites for hydroxylation is 1. The van der Waals surface area contributed by atoms with Crippen LogP contribution in [0.4, 0.5) is 0 Å². The molecule has 4 heteroatoms. The number of thiazole rings is 1. The quantitative estimate of drug-likeness (QED) is 0.903. The van der Waals surface area contributed by atoms with Crippen molar-refractivity contribution >= 4 is 11.3 Å². The van der Waals surface area contributed by atoms with Crippen LogP contribution >= 0.6 is 11.3 Å². The van der Waals surface area contributed by atoms with Gasteiger partial charge in [0.1, 0.15) is 5.01 Å². The van der Waals surface area contributed by atoms with Crippen molar-refractivity contribution in [3.05, 3.63) is 16.1 Å². The molecular weight excluding hydrogens is 266 g/mol. The first kappa shape index (κ1) is 15.9. The van der Waals surface area contributed by atoms with Crippen molar-refractivity contribution in [1.29, 1.82) is 0 Å². The molecule has 1 N–H and O–H groups in total. The predicted octanol–water partition coefficient (Wildman–Crippen LogP) is 3.30. The molecule has 2 heterocycles. The highest BCUT2D eigenvalue weighted by molar-refractivity contribution is 7.09. The second-order valence-electron chi connectivity index (χ2n) is 6.86. The van der Waals surface area contributed by atoms with Gasteiger partial charge < -0.3 is 5.32 Å². The molecule has 1 fully saturated rings. The van der Waals surface area contributed by atoms with Gasteiger partial charge in [-0.25, -0.2) is 4.98 Å². The molecule has 3 nitrogen and oxygen atoms in total. The summed E-state index contributed by atoms with van der Waals surface area (Å²) < 4.78 is 0. The zero-order valence-corrected chi connectivity index (χ0v) is 14.3. The Labute approximate surface area is 127 Å². The molecule has 0 radical (unpaired) electrons. The lowest BCUT2D eigenvalue weighted by Gasteiger charge is -2.42. The molecule has 1 saturated heterocycles. The third-order valence-electron chi connectivity index (χ3n) is 4.07. The van der Waals surface area contributed by atoms with Crippen LogP contribution in [0, 0.1) is 18.8 Å². The third kappa shape index (κ3) is 4.27. The minimum absolute atomic E-state index is 0.627. The lowest BCUT2D eigenvalue weighted by molar-refractivity contribution is 0.0851. The second kappa shape index (κ2) is 7.01. The maximum atomic E-state index is 4.64. The number of piperazine rings is 1. The molecule has 0 spiro atoms. The van der Waals surface area contributed by atoms with Crippen molar-refractivity contribution in [2.45, 2.75) is 59.7 Å². The Balaban J connectivity index is 2.02. The Morgan fingerprint density at radius 3 is 2.70 bits per heavy atom. The highest BCUT2D eigenvalue weighted by Crippen LogP contribution is 2.22. The summed E-state index contributed by atoms with van der Waals surface area (Å²) in [5.74, 6) is 1.44.